The summed E-state index contributed by atoms with van der Waals surface area (Å²) in [5.41, 5.74) is 3.08. The maximum atomic E-state index is 12.9. The lowest BCUT2D eigenvalue weighted by Gasteiger charge is -2.35. The number of hydrogen-bond acceptors (Lipinski definition) is 2. The number of hydrogen-bond donors (Lipinski definition) is 1. The van der Waals surface area contributed by atoms with Crippen LogP contribution in [0.25, 0.3) is 0 Å². The van der Waals surface area contributed by atoms with E-state index in [0.29, 0.717) is 32.2 Å². The summed E-state index contributed by atoms with van der Waals surface area (Å²) in [7, 11) is 0. The SMILES string of the molecule is Cc1cc(C(=O)N2CCN(C(=O)NC(C)C)CC2)c(C)n1C1CC1. The van der Waals surface area contributed by atoms with Gasteiger partial charge in [-0.2, -0.15) is 0 Å². The lowest BCUT2D eigenvalue weighted by Crippen LogP contribution is -2.54. The van der Waals surface area contributed by atoms with Crippen molar-refractivity contribution in [2.45, 2.75) is 52.6 Å². The third-order valence-electron chi connectivity index (χ3n) is 4.89. The molecule has 3 rings (SSSR count). The van der Waals surface area contributed by atoms with E-state index >= 15 is 0 Å². The molecule has 0 unspecified atom stereocenters. The standard InChI is InChI=1S/C18H28N4O2/c1-12(2)19-18(24)21-9-7-20(8-10-21)17(23)16-11-13(3)22(14(16)4)15-5-6-15/h11-12,15H,5-10H2,1-4H3,(H,19,24). The Hall–Kier alpha value is -1.98. The molecule has 3 amide bonds. The van der Waals surface area contributed by atoms with Crippen LogP contribution in [-0.2, 0) is 0 Å². The van der Waals surface area contributed by atoms with Gasteiger partial charge in [-0.3, -0.25) is 4.79 Å². The molecule has 0 atom stereocenters. The summed E-state index contributed by atoms with van der Waals surface area (Å²) in [6.45, 7) is 10.4. The van der Waals surface area contributed by atoms with Crippen LogP contribution in [0.15, 0.2) is 6.07 Å². The normalized spacial score (nSPS) is 18.2. The molecular formula is C18H28N4O2. The third kappa shape index (κ3) is 3.28. The first-order valence-electron chi connectivity index (χ1n) is 8.91. The molecule has 132 valence electrons. The van der Waals surface area contributed by atoms with Gasteiger partial charge in [-0.05, 0) is 46.6 Å². The van der Waals surface area contributed by atoms with Crippen molar-refractivity contribution in [2.24, 2.45) is 0 Å². The minimum Gasteiger partial charge on any atom is -0.345 e. The predicted octanol–water partition coefficient (Wildman–Crippen LogP) is 2.32. The van der Waals surface area contributed by atoms with E-state index in [2.05, 4.69) is 16.8 Å². The van der Waals surface area contributed by atoms with Crippen LogP contribution in [0.2, 0.25) is 0 Å². The van der Waals surface area contributed by atoms with Crippen LogP contribution >= 0.6 is 0 Å². The van der Waals surface area contributed by atoms with Gasteiger partial charge in [0.25, 0.3) is 5.91 Å². The van der Waals surface area contributed by atoms with Crippen LogP contribution in [0, 0.1) is 13.8 Å². The number of aromatic nitrogens is 1. The summed E-state index contributed by atoms with van der Waals surface area (Å²) >= 11 is 0. The van der Waals surface area contributed by atoms with Gasteiger partial charge in [0.2, 0.25) is 0 Å². The highest BCUT2D eigenvalue weighted by molar-refractivity contribution is 5.96. The number of nitrogens with one attached hydrogen (secondary N) is 1. The Morgan fingerprint density at radius 2 is 1.67 bits per heavy atom. The lowest BCUT2D eigenvalue weighted by molar-refractivity contribution is 0.0663. The molecule has 1 aromatic rings. The van der Waals surface area contributed by atoms with Crippen LogP contribution in [0.4, 0.5) is 4.79 Å². The fourth-order valence-corrected chi connectivity index (χ4v) is 3.51. The molecule has 1 aliphatic heterocycles. The van der Waals surface area contributed by atoms with Crippen molar-refractivity contribution in [1.29, 1.82) is 0 Å². The second kappa shape index (κ2) is 6.49. The van der Waals surface area contributed by atoms with Crippen LogP contribution in [0.3, 0.4) is 0 Å². The zero-order valence-electron chi connectivity index (χ0n) is 15.1. The van der Waals surface area contributed by atoms with E-state index in [0.717, 1.165) is 11.3 Å². The van der Waals surface area contributed by atoms with Crippen LogP contribution in [0.1, 0.15) is 54.5 Å². The predicted molar refractivity (Wildman–Crippen MR) is 93.3 cm³/mol. The number of carbonyl (C=O) groups excluding carboxylic acids is 2. The van der Waals surface area contributed by atoms with Crippen molar-refractivity contribution in [1.82, 2.24) is 19.7 Å². The molecule has 6 heteroatoms. The molecule has 6 nitrogen and oxygen atoms in total. The Bertz CT molecular complexity index is 638. The van der Waals surface area contributed by atoms with E-state index in [1.54, 1.807) is 4.90 Å². The number of carbonyl (C=O) groups is 2. The minimum absolute atomic E-state index is 0.0380. The van der Waals surface area contributed by atoms with Gasteiger partial charge < -0.3 is 19.7 Å². The van der Waals surface area contributed by atoms with Crippen molar-refractivity contribution < 1.29 is 9.59 Å². The zero-order valence-corrected chi connectivity index (χ0v) is 15.1. The Morgan fingerprint density at radius 3 is 2.21 bits per heavy atom. The molecule has 0 aromatic carbocycles. The van der Waals surface area contributed by atoms with Crippen LogP contribution in [-0.4, -0.2) is 58.5 Å². The average molecular weight is 332 g/mol. The topological polar surface area (TPSA) is 57.6 Å². The average Bonchev–Trinajstić information content (AvgIpc) is 3.32. The fraction of sp³-hybridized carbons (Fsp3) is 0.667. The van der Waals surface area contributed by atoms with E-state index in [1.165, 1.54) is 18.5 Å². The highest BCUT2D eigenvalue weighted by Crippen LogP contribution is 2.38. The largest absolute Gasteiger partial charge is 0.345 e. The van der Waals surface area contributed by atoms with Gasteiger partial charge in [0.05, 0.1) is 5.56 Å². The highest BCUT2D eigenvalue weighted by atomic mass is 16.2. The Kier molecular flexibility index (Phi) is 4.56. The summed E-state index contributed by atoms with van der Waals surface area (Å²) in [6, 6.07) is 2.70. The molecule has 0 radical (unpaired) electrons. The van der Waals surface area contributed by atoms with Gasteiger partial charge in [0.15, 0.2) is 0 Å². The monoisotopic (exact) mass is 332 g/mol. The molecule has 1 aromatic heterocycles. The summed E-state index contributed by atoms with van der Waals surface area (Å²) in [5.74, 6) is 0.0962. The van der Waals surface area contributed by atoms with Crippen molar-refractivity contribution >= 4 is 11.9 Å². The van der Waals surface area contributed by atoms with Gasteiger partial charge >= 0.3 is 6.03 Å². The summed E-state index contributed by atoms with van der Waals surface area (Å²) in [4.78, 5) is 28.6. The summed E-state index contributed by atoms with van der Waals surface area (Å²) < 4.78 is 2.31. The fourth-order valence-electron chi connectivity index (χ4n) is 3.51. The maximum Gasteiger partial charge on any atom is 0.317 e. The van der Waals surface area contributed by atoms with Gasteiger partial charge in [-0.25, -0.2) is 4.79 Å². The molecule has 1 saturated carbocycles. The van der Waals surface area contributed by atoms with Gasteiger partial charge in [-0.1, -0.05) is 0 Å². The number of amides is 3. The molecule has 2 fully saturated rings. The van der Waals surface area contributed by atoms with Crippen LogP contribution < -0.4 is 5.32 Å². The van der Waals surface area contributed by atoms with E-state index in [9.17, 15) is 9.59 Å². The number of nitrogens with zero attached hydrogens (tertiary/aromatic N) is 3. The van der Waals surface area contributed by atoms with Crippen molar-refractivity contribution in [3.05, 3.63) is 23.0 Å². The molecule has 24 heavy (non-hydrogen) atoms. The van der Waals surface area contributed by atoms with E-state index in [-0.39, 0.29) is 18.0 Å². The van der Waals surface area contributed by atoms with Crippen molar-refractivity contribution in [3.8, 4) is 0 Å². The molecule has 1 saturated heterocycles. The number of aryl methyl sites for hydroxylation is 1. The zero-order chi connectivity index (χ0) is 17.4. The smallest absolute Gasteiger partial charge is 0.317 e. The highest BCUT2D eigenvalue weighted by Gasteiger charge is 2.31. The van der Waals surface area contributed by atoms with E-state index in [1.807, 2.05) is 31.7 Å². The van der Waals surface area contributed by atoms with E-state index in [4.69, 9.17) is 0 Å². The number of piperazine rings is 1. The molecule has 1 aliphatic carbocycles. The molecule has 0 bridgehead atoms. The first-order chi connectivity index (χ1) is 11.4. The second-order valence-electron chi connectivity index (χ2n) is 7.27. The Labute approximate surface area is 143 Å². The minimum atomic E-state index is -0.0380. The Balaban J connectivity index is 1.63. The molecule has 2 aliphatic rings. The van der Waals surface area contributed by atoms with Gasteiger partial charge in [0, 0.05) is 49.7 Å². The second-order valence-corrected chi connectivity index (χ2v) is 7.27. The summed E-state index contributed by atoms with van der Waals surface area (Å²) in [6.07, 6.45) is 2.43. The number of rotatable bonds is 3. The molecular weight excluding hydrogens is 304 g/mol. The maximum absolute atomic E-state index is 12.9. The molecule has 2 heterocycles. The van der Waals surface area contributed by atoms with Gasteiger partial charge in [0.1, 0.15) is 0 Å². The van der Waals surface area contributed by atoms with Crippen molar-refractivity contribution in [2.75, 3.05) is 26.2 Å². The van der Waals surface area contributed by atoms with Crippen LogP contribution in [0.5, 0.6) is 0 Å². The molecule has 1 N–H and O–H groups in total. The van der Waals surface area contributed by atoms with E-state index < -0.39 is 0 Å². The lowest BCUT2D eigenvalue weighted by atomic mass is 10.2. The quantitative estimate of drug-likeness (QED) is 0.923. The van der Waals surface area contributed by atoms with Crippen molar-refractivity contribution in [3.63, 3.8) is 0 Å². The summed E-state index contributed by atoms with van der Waals surface area (Å²) in [5, 5.41) is 2.91. The molecule has 0 spiro atoms. The first-order valence-corrected chi connectivity index (χ1v) is 8.91. The third-order valence-corrected chi connectivity index (χ3v) is 4.89. The Morgan fingerprint density at radius 1 is 1.08 bits per heavy atom. The number of urea groups is 1. The van der Waals surface area contributed by atoms with Gasteiger partial charge in [-0.15, -0.1) is 0 Å². The first kappa shape index (κ1) is 16.9.